The molecule has 470 valence electrons. The van der Waals surface area contributed by atoms with Gasteiger partial charge < -0.3 is 9.13 Å². The minimum atomic E-state index is -0.122. The van der Waals surface area contributed by atoms with E-state index in [1.807, 2.05) is 0 Å². The lowest BCUT2D eigenvalue weighted by Crippen LogP contribution is -2.62. The van der Waals surface area contributed by atoms with Gasteiger partial charge in [-0.1, -0.05) is 274 Å². The topological polar surface area (TPSA) is 9.86 Å². The molecule has 0 aliphatic carbocycles. The van der Waals surface area contributed by atoms with Crippen LogP contribution in [0.5, 0.6) is 0 Å². The highest BCUT2D eigenvalue weighted by Gasteiger charge is 2.44. The third-order valence-electron chi connectivity index (χ3n) is 21.5. The lowest BCUT2D eigenvalue weighted by atomic mass is 9.31. The molecule has 0 amide bonds. The van der Waals surface area contributed by atoms with Gasteiger partial charge in [0.1, 0.15) is 0 Å². The van der Waals surface area contributed by atoms with Crippen LogP contribution in [0.15, 0.2) is 146 Å². The van der Waals surface area contributed by atoms with Gasteiger partial charge in [-0.3, -0.25) is 0 Å². The maximum atomic E-state index is 2.76. The van der Waals surface area contributed by atoms with Crippen LogP contribution in [0.3, 0.4) is 0 Å². The molecular formula is C88H102B2N2. The smallest absolute Gasteiger partial charge is 0.247 e. The van der Waals surface area contributed by atoms with Gasteiger partial charge in [-0.2, -0.15) is 0 Å². The van der Waals surface area contributed by atoms with Crippen LogP contribution in [0.2, 0.25) is 0 Å². The zero-order chi connectivity index (χ0) is 66.1. The molecule has 2 aliphatic heterocycles. The Balaban J connectivity index is 1.25. The molecule has 0 radical (unpaired) electrons. The molecule has 92 heavy (non-hydrogen) atoms. The van der Waals surface area contributed by atoms with Crippen LogP contribution >= 0.6 is 0 Å². The minimum Gasteiger partial charge on any atom is -0.310 e. The second kappa shape index (κ2) is 22.2. The van der Waals surface area contributed by atoms with Crippen molar-refractivity contribution in [2.24, 2.45) is 0 Å². The number of nitrogens with zero attached hydrogens (tertiary/aromatic N) is 2. The van der Waals surface area contributed by atoms with Crippen LogP contribution in [0, 0.1) is 0 Å². The Morgan fingerprint density at radius 1 is 0.272 bits per heavy atom. The van der Waals surface area contributed by atoms with E-state index in [0.29, 0.717) is 23.7 Å². The molecule has 2 nitrogen and oxygen atoms in total. The summed E-state index contributed by atoms with van der Waals surface area (Å²) in [6.45, 7) is 57.3. The van der Waals surface area contributed by atoms with Crippen LogP contribution in [0.25, 0.3) is 77.2 Å². The Kier molecular flexibility index (Phi) is 15.3. The number of rotatable bonds is 10. The summed E-state index contributed by atoms with van der Waals surface area (Å²) >= 11 is 0. The monoisotopic (exact) mass is 1210 g/mol. The molecule has 0 saturated carbocycles. The molecule has 0 N–H and O–H groups in total. The molecule has 4 heteroatoms. The van der Waals surface area contributed by atoms with Crippen LogP contribution < -0.4 is 32.8 Å². The Morgan fingerprint density at radius 2 is 0.598 bits per heavy atom. The van der Waals surface area contributed by atoms with Crippen LogP contribution in [0.1, 0.15) is 257 Å². The molecule has 0 bridgehead atoms. The van der Waals surface area contributed by atoms with Crippen molar-refractivity contribution in [1.82, 2.24) is 9.13 Å². The van der Waals surface area contributed by atoms with E-state index in [1.165, 1.54) is 166 Å². The first-order valence-electron chi connectivity index (χ1n) is 35.1. The van der Waals surface area contributed by atoms with Crippen molar-refractivity contribution in [3.63, 3.8) is 0 Å². The average molecular weight is 1210 g/mol. The number of hydrogen-bond donors (Lipinski definition) is 0. The van der Waals surface area contributed by atoms with Crippen LogP contribution in [0.4, 0.5) is 0 Å². The third-order valence-corrected chi connectivity index (χ3v) is 21.5. The van der Waals surface area contributed by atoms with E-state index in [-0.39, 0.29) is 46.9 Å². The number of benzene rings is 9. The number of fused-ring (bicyclic) bond motifs is 10. The van der Waals surface area contributed by atoms with Gasteiger partial charge in [0.25, 0.3) is 0 Å². The first kappa shape index (κ1) is 63.5. The molecule has 0 spiro atoms. The third kappa shape index (κ3) is 10.4. The second-order valence-electron chi connectivity index (χ2n) is 34.2. The van der Waals surface area contributed by atoms with Crippen molar-refractivity contribution in [3.05, 3.63) is 201 Å². The fourth-order valence-electron chi connectivity index (χ4n) is 16.0. The molecule has 9 aromatic carbocycles. The molecular weight excluding hydrogens is 1110 g/mol. The molecule has 11 aromatic rings. The maximum absolute atomic E-state index is 2.76. The van der Waals surface area contributed by atoms with E-state index >= 15 is 0 Å². The van der Waals surface area contributed by atoms with Gasteiger partial charge in [0.2, 0.25) is 13.4 Å². The summed E-state index contributed by atoms with van der Waals surface area (Å²) in [4.78, 5) is 0. The zero-order valence-corrected chi connectivity index (χ0v) is 60.4. The quantitative estimate of drug-likeness (QED) is 0.121. The van der Waals surface area contributed by atoms with Gasteiger partial charge >= 0.3 is 0 Å². The fourth-order valence-corrected chi connectivity index (χ4v) is 16.0. The second-order valence-corrected chi connectivity index (χ2v) is 34.2. The summed E-state index contributed by atoms with van der Waals surface area (Å²) in [5.74, 6) is 1.94. The van der Waals surface area contributed by atoms with Gasteiger partial charge in [-0.25, -0.2) is 0 Å². The van der Waals surface area contributed by atoms with E-state index in [1.54, 1.807) is 0 Å². The Hall–Kier alpha value is -7.29. The van der Waals surface area contributed by atoms with Crippen LogP contribution in [-0.2, 0) is 21.7 Å². The predicted octanol–water partition coefficient (Wildman–Crippen LogP) is 20.8. The molecule has 13 rings (SSSR count). The Bertz CT molecular complexity index is 4710. The summed E-state index contributed by atoms with van der Waals surface area (Å²) in [6.07, 6.45) is 0. The lowest BCUT2D eigenvalue weighted by Gasteiger charge is -2.37. The highest BCUT2D eigenvalue weighted by atomic mass is 15.0. The zero-order valence-electron chi connectivity index (χ0n) is 60.4. The molecule has 0 unspecified atom stereocenters. The molecule has 2 aromatic heterocycles. The van der Waals surface area contributed by atoms with Crippen molar-refractivity contribution in [1.29, 1.82) is 0 Å². The number of hydrogen-bond acceptors (Lipinski definition) is 0. The van der Waals surface area contributed by atoms with E-state index < -0.39 is 0 Å². The van der Waals surface area contributed by atoms with Gasteiger partial charge in [0, 0.05) is 44.0 Å². The van der Waals surface area contributed by atoms with Crippen molar-refractivity contribution in [3.8, 4) is 33.6 Å². The SMILES string of the molecule is CC(C)c1cc(C(C)C)c(B2c3cc4c(cc3-n3c5ccc(C(C)(C)C)cc5c5cc(-c6ccc(C(C)(C)C)cc6)cc2c53)B(c2c(C(C)C)cc(C(C)C)cc2C(C)C)c2cc(C(C)(C)C)cc3c5cc(-c6ccc(C(C)(C)C)cc6)ccc5n-4c23)c(C(C)C)c1. The summed E-state index contributed by atoms with van der Waals surface area (Å²) < 4.78 is 5.51. The van der Waals surface area contributed by atoms with Gasteiger partial charge in [0.15, 0.2) is 0 Å². The van der Waals surface area contributed by atoms with Gasteiger partial charge in [-0.15, -0.1) is 0 Å². The van der Waals surface area contributed by atoms with E-state index in [4.69, 9.17) is 0 Å². The summed E-state index contributed by atoms with van der Waals surface area (Å²) in [6, 6.07) is 60.2. The summed E-state index contributed by atoms with van der Waals surface area (Å²) in [5.41, 5.74) is 35.4. The molecule has 0 atom stereocenters. The molecule has 2 aliphatic rings. The normalized spacial score (nSPS) is 13.8. The Morgan fingerprint density at radius 3 is 0.989 bits per heavy atom. The highest BCUT2D eigenvalue weighted by molar-refractivity contribution is 7.00. The Labute approximate surface area is 553 Å². The van der Waals surface area contributed by atoms with Crippen molar-refractivity contribution in [2.75, 3.05) is 0 Å². The molecule has 0 saturated heterocycles. The van der Waals surface area contributed by atoms with E-state index in [0.717, 1.165) is 0 Å². The van der Waals surface area contributed by atoms with Crippen molar-refractivity contribution >= 4 is 89.8 Å². The highest BCUT2D eigenvalue weighted by Crippen LogP contribution is 2.44. The summed E-state index contributed by atoms with van der Waals surface area (Å²) in [7, 11) is 0. The molecule has 4 heterocycles. The maximum Gasteiger partial charge on any atom is 0.247 e. The molecule has 0 fully saturated rings. The van der Waals surface area contributed by atoms with Crippen molar-refractivity contribution in [2.45, 2.75) is 223 Å². The van der Waals surface area contributed by atoms with E-state index in [9.17, 15) is 0 Å². The number of aromatic nitrogens is 2. The predicted molar refractivity (Wildman–Crippen MR) is 408 cm³/mol. The summed E-state index contributed by atoms with van der Waals surface area (Å²) in [5, 5.41) is 5.30. The van der Waals surface area contributed by atoms with Crippen LogP contribution in [-0.4, -0.2) is 22.6 Å². The largest absolute Gasteiger partial charge is 0.310 e. The van der Waals surface area contributed by atoms with Gasteiger partial charge in [0.05, 0.1) is 11.0 Å². The van der Waals surface area contributed by atoms with Crippen molar-refractivity contribution < 1.29 is 0 Å². The standard InChI is InChI=1S/C88H102B2N2/c1-49(2)58-38-65(51(5)6)81(66(39-58)52(7)8)89-73-47-80-74(48-79(73)92-78-36-34-63(87(19,20)21)44-70(78)71-42-60(43-75(89)83(71)92)56-27-32-62(33-28-56)86(16,17)18)90(82-67(53(9)10)40-59(50(3)4)41-68(82)54(11)12)76-46-64(88(22,23)24)45-72-69-37-57(29-35-77(69)91(80)84(72)76)55-25-30-61(31-26-55)85(13,14)15/h25-54H,1-24H3. The first-order chi connectivity index (χ1) is 43.1. The average Bonchev–Trinajstić information content (AvgIpc) is 1.33. The lowest BCUT2D eigenvalue weighted by molar-refractivity contribution is 0.590. The minimum absolute atomic E-state index is 0.0395. The van der Waals surface area contributed by atoms with Gasteiger partial charge in [-0.05, 0) is 205 Å². The first-order valence-corrected chi connectivity index (χ1v) is 35.1. The fraction of sp³-hybridized carbons (Fsp3) is 0.386. The van der Waals surface area contributed by atoms with E-state index in [2.05, 4.69) is 321 Å².